The van der Waals surface area contributed by atoms with Crippen molar-refractivity contribution < 1.29 is 23.1 Å². The lowest BCUT2D eigenvalue weighted by Gasteiger charge is -2.34. The molecule has 2 aromatic rings. The van der Waals surface area contributed by atoms with Crippen LogP contribution in [0.15, 0.2) is 18.2 Å². The number of nitrogens with zero attached hydrogens (tertiary/aromatic N) is 3. The van der Waals surface area contributed by atoms with Gasteiger partial charge in [-0.25, -0.2) is 18.7 Å². The summed E-state index contributed by atoms with van der Waals surface area (Å²) in [5, 5.41) is 3.15. The molecular weight excluding hydrogens is 382 g/mol. The van der Waals surface area contributed by atoms with Gasteiger partial charge in [0.1, 0.15) is 23.3 Å². The van der Waals surface area contributed by atoms with Gasteiger partial charge in [-0.1, -0.05) is 0 Å². The van der Waals surface area contributed by atoms with Crippen LogP contribution in [0.2, 0.25) is 0 Å². The van der Waals surface area contributed by atoms with Crippen molar-refractivity contribution in [1.29, 1.82) is 0 Å². The number of halogens is 2. The summed E-state index contributed by atoms with van der Waals surface area (Å²) >= 11 is 0. The van der Waals surface area contributed by atoms with Crippen molar-refractivity contribution in [3.63, 3.8) is 0 Å². The van der Waals surface area contributed by atoms with Gasteiger partial charge in [0.2, 0.25) is 0 Å². The quantitative estimate of drug-likeness (QED) is 0.709. The minimum Gasteiger partial charge on any atom is -0.487 e. The molecule has 0 amide bonds. The summed E-state index contributed by atoms with van der Waals surface area (Å²) in [5.41, 5.74) is -0.0343. The fraction of sp³-hybridized carbons (Fsp3) is 0.400. The molecule has 0 spiro atoms. The highest BCUT2D eigenvalue weighted by molar-refractivity contribution is 5.88. The third kappa shape index (κ3) is 4.85. The molecule has 0 atom stereocenters. The molecule has 1 aliphatic rings. The predicted molar refractivity (Wildman–Crippen MR) is 104 cm³/mol. The Kier molecular flexibility index (Phi) is 6.36. The minimum absolute atomic E-state index is 0.0168. The Hall–Kier alpha value is -3.10. The van der Waals surface area contributed by atoms with E-state index in [1.807, 2.05) is 18.7 Å². The van der Waals surface area contributed by atoms with Gasteiger partial charge >= 0.3 is 0 Å². The minimum atomic E-state index is -0.734. The molecule has 0 aliphatic carbocycles. The van der Waals surface area contributed by atoms with E-state index < -0.39 is 11.6 Å². The van der Waals surface area contributed by atoms with Gasteiger partial charge < -0.3 is 15.0 Å². The summed E-state index contributed by atoms with van der Waals surface area (Å²) in [7, 11) is 0. The Morgan fingerprint density at radius 3 is 2.38 bits per heavy atom. The molecule has 2 heterocycles. The molecule has 0 radical (unpaired) electrons. The van der Waals surface area contributed by atoms with Crippen LogP contribution in [0.25, 0.3) is 0 Å². The molecule has 1 aromatic carbocycles. The maximum atomic E-state index is 13.8. The zero-order chi connectivity index (χ0) is 21.0. The van der Waals surface area contributed by atoms with Gasteiger partial charge in [-0.15, -0.1) is 0 Å². The average molecular weight is 404 g/mol. The van der Waals surface area contributed by atoms with Crippen LogP contribution >= 0.6 is 0 Å². The van der Waals surface area contributed by atoms with Crippen LogP contribution in [0.3, 0.4) is 0 Å². The highest BCUT2D eigenvalue weighted by Gasteiger charge is 2.26. The lowest BCUT2D eigenvalue weighted by Crippen LogP contribution is -2.39. The first-order chi connectivity index (χ1) is 13.9. The summed E-state index contributed by atoms with van der Waals surface area (Å²) in [6, 6.07) is 3.27. The third-order valence-electron chi connectivity index (χ3n) is 4.51. The molecule has 154 valence electrons. The predicted octanol–water partition coefficient (Wildman–Crippen LogP) is 3.25. The maximum Gasteiger partial charge on any atom is 0.172 e. The molecule has 1 aromatic heterocycles. The molecule has 0 saturated carbocycles. The molecule has 0 unspecified atom stereocenters. The Balaban J connectivity index is 1.75. The second-order valence-electron chi connectivity index (χ2n) is 7.08. The number of piperidine rings is 1. The van der Waals surface area contributed by atoms with E-state index in [1.54, 1.807) is 0 Å². The lowest BCUT2D eigenvalue weighted by atomic mass is 10.1. The molecule has 7 nitrogen and oxygen atoms in total. The van der Waals surface area contributed by atoms with Crippen molar-refractivity contribution in [2.24, 2.45) is 0 Å². The van der Waals surface area contributed by atoms with Crippen LogP contribution < -0.4 is 15.0 Å². The number of carbonyl (C=O) groups excluding carboxylic acids is 2. The number of benzene rings is 1. The first-order valence-electron chi connectivity index (χ1n) is 9.36. The van der Waals surface area contributed by atoms with Crippen LogP contribution in [0, 0.1) is 11.6 Å². The summed E-state index contributed by atoms with van der Waals surface area (Å²) in [6.45, 7) is 4.93. The normalized spacial score (nSPS) is 14.7. The SMILES string of the molecule is CC(C)Nc1nc(C=O)c(C=O)nc1N1CCC(Oc2ccc(F)cc2F)CC1. The number of aldehydes is 2. The number of ether oxygens (including phenoxy) is 1. The number of aromatic nitrogens is 2. The van der Waals surface area contributed by atoms with Crippen LogP contribution in [0.1, 0.15) is 47.7 Å². The third-order valence-corrected chi connectivity index (χ3v) is 4.51. The van der Waals surface area contributed by atoms with Crippen molar-refractivity contribution in [1.82, 2.24) is 9.97 Å². The van der Waals surface area contributed by atoms with Crippen LogP contribution in [-0.2, 0) is 0 Å². The Bertz CT molecular complexity index is 900. The summed E-state index contributed by atoms with van der Waals surface area (Å²) in [5.74, 6) is -0.459. The second kappa shape index (κ2) is 8.93. The van der Waals surface area contributed by atoms with Gasteiger partial charge in [-0.2, -0.15) is 0 Å². The first-order valence-corrected chi connectivity index (χ1v) is 9.36. The van der Waals surface area contributed by atoms with Crippen LogP contribution in [0.5, 0.6) is 5.75 Å². The van der Waals surface area contributed by atoms with Crippen molar-refractivity contribution in [2.45, 2.75) is 38.8 Å². The standard InChI is InChI=1S/C20H22F2N4O3/c1-12(2)23-19-20(25-17(11-28)16(10-27)24-19)26-7-5-14(6-8-26)29-18-4-3-13(21)9-15(18)22/h3-4,9-12,14H,5-8H2,1-2H3,(H,23,24). The molecule has 1 saturated heterocycles. The van der Waals surface area contributed by atoms with E-state index in [-0.39, 0.29) is 29.3 Å². The zero-order valence-corrected chi connectivity index (χ0v) is 16.2. The van der Waals surface area contributed by atoms with Gasteiger partial charge in [0.05, 0.1) is 0 Å². The molecular formula is C20H22F2N4O3. The van der Waals surface area contributed by atoms with E-state index in [4.69, 9.17) is 4.74 Å². The monoisotopic (exact) mass is 404 g/mol. The Morgan fingerprint density at radius 2 is 1.79 bits per heavy atom. The first kappa shape index (κ1) is 20.6. The largest absolute Gasteiger partial charge is 0.487 e. The highest BCUT2D eigenvalue weighted by atomic mass is 19.1. The molecule has 9 heteroatoms. The Labute approximate surface area is 167 Å². The zero-order valence-electron chi connectivity index (χ0n) is 16.2. The van der Waals surface area contributed by atoms with Crippen LogP contribution in [-0.4, -0.2) is 47.8 Å². The smallest absolute Gasteiger partial charge is 0.172 e. The number of rotatable bonds is 7. The number of anilines is 2. The van der Waals surface area contributed by atoms with Gasteiger partial charge in [-0.3, -0.25) is 9.59 Å². The van der Waals surface area contributed by atoms with E-state index in [0.29, 0.717) is 50.1 Å². The van der Waals surface area contributed by atoms with E-state index in [2.05, 4.69) is 15.3 Å². The molecule has 1 fully saturated rings. The van der Waals surface area contributed by atoms with Crippen molar-refractivity contribution >= 4 is 24.2 Å². The number of carbonyl (C=O) groups is 2. The molecule has 29 heavy (non-hydrogen) atoms. The Morgan fingerprint density at radius 1 is 1.14 bits per heavy atom. The molecule has 3 rings (SSSR count). The summed E-state index contributed by atoms with van der Waals surface area (Å²) in [6.07, 6.45) is 1.92. The fourth-order valence-electron chi connectivity index (χ4n) is 3.15. The molecule has 0 bridgehead atoms. The topological polar surface area (TPSA) is 84.4 Å². The number of nitrogens with one attached hydrogen (secondary N) is 1. The van der Waals surface area contributed by atoms with Crippen molar-refractivity contribution in [3.05, 3.63) is 41.2 Å². The van der Waals surface area contributed by atoms with Crippen molar-refractivity contribution in [3.8, 4) is 5.75 Å². The highest BCUT2D eigenvalue weighted by Crippen LogP contribution is 2.28. The van der Waals surface area contributed by atoms with E-state index >= 15 is 0 Å². The van der Waals surface area contributed by atoms with Crippen LogP contribution in [0.4, 0.5) is 20.4 Å². The maximum absolute atomic E-state index is 13.8. The summed E-state index contributed by atoms with van der Waals surface area (Å²) in [4.78, 5) is 33.0. The van der Waals surface area contributed by atoms with Crippen molar-refractivity contribution in [2.75, 3.05) is 23.3 Å². The van der Waals surface area contributed by atoms with Gasteiger partial charge in [0, 0.05) is 38.0 Å². The van der Waals surface area contributed by atoms with E-state index in [9.17, 15) is 18.4 Å². The van der Waals surface area contributed by atoms with Gasteiger partial charge in [0.25, 0.3) is 0 Å². The fourth-order valence-corrected chi connectivity index (χ4v) is 3.15. The van der Waals surface area contributed by atoms with Gasteiger partial charge in [-0.05, 0) is 26.0 Å². The number of hydrogen-bond donors (Lipinski definition) is 1. The van der Waals surface area contributed by atoms with E-state index in [0.717, 1.165) is 12.1 Å². The number of hydrogen-bond acceptors (Lipinski definition) is 7. The average Bonchev–Trinajstić information content (AvgIpc) is 2.70. The molecule has 1 aliphatic heterocycles. The van der Waals surface area contributed by atoms with Gasteiger partial charge in [0.15, 0.2) is 35.8 Å². The lowest BCUT2D eigenvalue weighted by molar-refractivity contribution is 0.108. The summed E-state index contributed by atoms with van der Waals surface area (Å²) < 4.78 is 32.5. The second-order valence-corrected chi connectivity index (χ2v) is 7.08. The van der Waals surface area contributed by atoms with E-state index in [1.165, 1.54) is 6.07 Å². The molecule has 1 N–H and O–H groups in total.